The molecule has 2 aromatic rings. The van der Waals surface area contributed by atoms with Gasteiger partial charge in [0.05, 0.1) is 5.02 Å². The van der Waals surface area contributed by atoms with E-state index in [0.29, 0.717) is 10.6 Å². The Morgan fingerprint density at radius 1 is 1.10 bits per heavy atom. The van der Waals surface area contributed by atoms with Gasteiger partial charge in [0, 0.05) is 36.7 Å². The van der Waals surface area contributed by atoms with Crippen LogP contribution in [-0.2, 0) is 23.9 Å². The van der Waals surface area contributed by atoms with Crippen LogP contribution in [0.2, 0.25) is 5.02 Å². The molecule has 0 bridgehead atoms. The quantitative estimate of drug-likeness (QED) is 0.598. The first-order valence-electron chi connectivity index (χ1n) is 11.1. The highest BCUT2D eigenvalue weighted by Gasteiger charge is 2.35. The Bertz CT molecular complexity index is 939. The molecule has 0 radical (unpaired) electrons. The number of benzene rings is 2. The lowest BCUT2D eigenvalue weighted by Gasteiger charge is -2.33. The Hall–Kier alpha value is -1.42. The monoisotopic (exact) mass is 428 g/mol. The standard InChI is InChI=1S/C26H34ClFN2/c1-25(2,3)20-9-6-8-17-14-30(15-19(17)20)16-26(4,5)23-21(28)12-11-18(24(23)27)22-10-7-13-29-22/h6,8-9,11-12,22,29H,7,10,13-16H2,1-5H3. The van der Waals surface area contributed by atoms with E-state index in [1.807, 2.05) is 6.07 Å². The molecule has 0 spiro atoms. The van der Waals surface area contributed by atoms with Crippen LogP contribution in [0.25, 0.3) is 0 Å². The summed E-state index contributed by atoms with van der Waals surface area (Å²) in [6, 6.07) is 10.4. The van der Waals surface area contributed by atoms with Crippen molar-refractivity contribution in [2.24, 2.45) is 0 Å². The van der Waals surface area contributed by atoms with Gasteiger partial charge in [-0.3, -0.25) is 4.90 Å². The van der Waals surface area contributed by atoms with E-state index >= 15 is 4.39 Å². The molecule has 0 aromatic heterocycles. The number of nitrogens with one attached hydrogen (secondary N) is 1. The number of rotatable bonds is 4. The topological polar surface area (TPSA) is 15.3 Å². The summed E-state index contributed by atoms with van der Waals surface area (Å²) in [7, 11) is 0. The molecule has 0 saturated carbocycles. The van der Waals surface area contributed by atoms with Crippen molar-refractivity contribution in [1.82, 2.24) is 10.2 Å². The van der Waals surface area contributed by atoms with Crippen molar-refractivity contribution in [3.05, 3.63) is 69.0 Å². The van der Waals surface area contributed by atoms with Gasteiger partial charge >= 0.3 is 0 Å². The van der Waals surface area contributed by atoms with E-state index in [1.165, 1.54) is 16.7 Å². The third kappa shape index (κ3) is 4.04. The third-order valence-electron chi connectivity index (χ3n) is 6.71. The van der Waals surface area contributed by atoms with Gasteiger partial charge in [0.15, 0.2) is 0 Å². The number of hydrogen-bond donors (Lipinski definition) is 1. The lowest BCUT2D eigenvalue weighted by atomic mass is 9.81. The Balaban J connectivity index is 1.61. The van der Waals surface area contributed by atoms with Gasteiger partial charge in [-0.05, 0) is 53.1 Å². The molecule has 1 unspecified atom stereocenters. The third-order valence-corrected chi connectivity index (χ3v) is 7.12. The highest BCUT2D eigenvalue weighted by molar-refractivity contribution is 6.32. The summed E-state index contributed by atoms with van der Waals surface area (Å²) in [6.45, 7) is 14.6. The highest BCUT2D eigenvalue weighted by Crippen LogP contribution is 2.41. The fourth-order valence-corrected chi connectivity index (χ4v) is 5.89. The average molecular weight is 429 g/mol. The molecule has 4 rings (SSSR count). The van der Waals surface area contributed by atoms with Crippen molar-refractivity contribution in [2.45, 2.75) is 77.4 Å². The maximum absolute atomic E-state index is 15.0. The highest BCUT2D eigenvalue weighted by atomic mass is 35.5. The summed E-state index contributed by atoms with van der Waals surface area (Å²) >= 11 is 6.84. The van der Waals surface area contributed by atoms with Gasteiger partial charge < -0.3 is 5.32 Å². The smallest absolute Gasteiger partial charge is 0.128 e. The molecule has 1 saturated heterocycles. The molecule has 30 heavy (non-hydrogen) atoms. The maximum Gasteiger partial charge on any atom is 0.128 e. The summed E-state index contributed by atoms with van der Waals surface area (Å²) in [6.07, 6.45) is 2.20. The second-order valence-electron chi connectivity index (χ2n) is 10.7. The minimum Gasteiger partial charge on any atom is -0.310 e. The van der Waals surface area contributed by atoms with Gasteiger partial charge in [-0.15, -0.1) is 0 Å². The average Bonchev–Trinajstić information content (AvgIpc) is 3.28. The zero-order valence-electron chi connectivity index (χ0n) is 18.9. The van der Waals surface area contributed by atoms with E-state index in [9.17, 15) is 0 Å². The van der Waals surface area contributed by atoms with Crippen LogP contribution in [0.15, 0.2) is 30.3 Å². The number of halogens is 2. The molecule has 2 heterocycles. The van der Waals surface area contributed by atoms with Gasteiger partial charge in [-0.2, -0.15) is 0 Å². The van der Waals surface area contributed by atoms with Crippen LogP contribution in [0.1, 0.15) is 81.3 Å². The van der Waals surface area contributed by atoms with Gasteiger partial charge in [0.1, 0.15) is 5.82 Å². The number of nitrogens with zero attached hydrogens (tertiary/aromatic N) is 1. The molecule has 2 nitrogen and oxygen atoms in total. The van der Waals surface area contributed by atoms with Crippen molar-refractivity contribution < 1.29 is 4.39 Å². The SMILES string of the molecule is CC(C)(C)c1cccc2c1CN(CC(C)(C)c1c(F)ccc(C3CCCN3)c1Cl)C2. The molecule has 1 atom stereocenters. The summed E-state index contributed by atoms with van der Waals surface area (Å²) in [5.74, 6) is -0.196. The van der Waals surface area contributed by atoms with Gasteiger partial charge in [0.2, 0.25) is 0 Å². The predicted molar refractivity (Wildman–Crippen MR) is 124 cm³/mol. The van der Waals surface area contributed by atoms with Gasteiger partial charge in [0.25, 0.3) is 0 Å². The van der Waals surface area contributed by atoms with Crippen molar-refractivity contribution in [2.75, 3.05) is 13.1 Å². The Morgan fingerprint density at radius 3 is 2.53 bits per heavy atom. The van der Waals surface area contributed by atoms with Crippen LogP contribution in [0.4, 0.5) is 4.39 Å². The van der Waals surface area contributed by atoms with E-state index in [0.717, 1.165) is 44.6 Å². The molecule has 1 N–H and O–H groups in total. The van der Waals surface area contributed by atoms with Crippen LogP contribution in [0, 0.1) is 5.82 Å². The molecule has 2 aliphatic rings. The first kappa shape index (κ1) is 21.8. The van der Waals surface area contributed by atoms with Crippen LogP contribution >= 0.6 is 11.6 Å². The van der Waals surface area contributed by atoms with Crippen molar-refractivity contribution in [3.8, 4) is 0 Å². The predicted octanol–water partition coefficient (Wildman–Crippen LogP) is 6.49. The minimum atomic E-state index is -0.389. The van der Waals surface area contributed by atoms with Crippen LogP contribution in [0.5, 0.6) is 0 Å². The molecular formula is C26H34ClFN2. The maximum atomic E-state index is 15.0. The summed E-state index contributed by atoms with van der Waals surface area (Å²) < 4.78 is 15.0. The zero-order valence-corrected chi connectivity index (χ0v) is 19.7. The number of hydrogen-bond acceptors (Lipinski definition) is 2. The van der Waals surface area contributed by atoms with Crippen LogP contribution in [0.3, 0.4) is 0 Å². The molecule has 1 fully saturated rings. The Kier molecular flexibility index (Phi) is 5.76. The Labute approximate surface area is 185 Å². The second kappa shape index (κ2) is 7.93. The second-order valence-corrected chi connectivity index (χ2v) is 11.1. The lowest BCUT2D eigenvalue weighted by Crippen LogP contribution is -2.35. The van der Waals surface area contributed by atoms with Gasteiger partial charge in [-0.25, -0.2) is 4.39 Å². The zero-order chi connectivity index (χ0) is 21.7. The Morgan fingerprint density at radius 2 is 1.87 bits per heavy atom. The molecule has 0 amide bonds. The van der Waals surface area contributed by atoms with Crippen LogP contribution < -0.4 is 5.32 Å². The summed E-state index contributed by atoms with van der Waals surface area (Å²) in [5.41, 5.74) is 5.68. The fraction of sp³-hybridized carbons (Fsp3) is 0.538. The molecular weight excluding hydrogens is 395 g/mol. The van der Waals surface area contributed by atoms with Crippen molar-refractivity contribution >= 4 is 11.6 Å². The number of fused-ring (bicyclic) bond motifs is 1. The van der Waals surface area contributed by atoms with E-state index < -0.39 is 0 Å². The fourth-order valence-electron chi connectivity index (χ4n) is 5.35. The van der Waals surface area contributed by atoms with Crippen molar-refractivity contribution in [1.29, 1.82) is 0 Å². The van der Waals surface area contributed by atoms with E-state index in [1.54, 1.807) is 6.07 Å². The first-order valence-corrected chi connectivity index (χ1v) is 11.5. The first-order chi connectivity index (χ1) is 14.1. The van der Waals surface area contributed by atoms with Crippen molar-refractivity contribution in [3.63, 3.8) is 0 Å². The lowest BCUT2D eigenvalue weighted by molar-refractivity contribution is 0.224. The van der Waals surface area contributed by atoms with Gasteiger partial charge in [-0.1, -0.05) is 70.5 Å². The van der Waals surface area contributed by atoms with E-state index in [-0.39, 0.29) is 22.7 Å². The normalized spacial score (nSPS) is 20.0. The molecule has 4 heteroatoms. The van der Waals surface area contributed by atoms with Crippen LogP contribution in [-0.4, -0.2) is 18.0 Å². The summed E-state index contributed by atoms with van der Waals surface area (Å²) in [5, 5.41) is 4.10. The van der Waals surface area contributed by atoms with E-state index in [2.05, 4.69) is 63.0 Å². The molecule has 2 aliphatic heterocycles. The van der Waals surface area contributed by atoms with E-state index in [4.69, 9.17) is 11.6 Å². The summed E-state index contributed by atoms with van der Waals surface area (Å²) in [4.78, 5) is 2.44. The minimum absolute atomic E-state index is 0.120. The molecule has 2 aromatic carbocycles. The molecule has 0 aliphatic carbocycles. The molecule has 162 valence electrons. The largest absolute Gasteiger partial charge is 0.310 e.